The number of aromatic nitrogens is 1. The van der Waals surface area contributed by atoms with Crippen LogP contribution in [0, 0.1) is 13.8 Å². The summed E-state index contributed by atoms with van der Waals surface area (Å²) < 4.78 is 2.94. The molecule has 3 nitrogen and oxygen atoms in total. The van der Waals surface area contributed by atoms with Crippen LogP contribution in [0.2, 0.25) is 0 Å². The molecule has 2 aromatic carbocycles. The minimum atomic E-state index is 0.867. The Labute approximate surface area is 154 Å². The Morgan fingerprint density at radius 3 is 2.67 bits per heavy atom. The fourth-order valence-corrected chi connectivity index (χ4v) is 3.70. The highest BCUT2D eigenvalue weighted by Gasteiger charge is 2.07. The topological polar surface area (TPSA) is 29.6 Å². The maximum Gasteiger partial charge on any atom is 0.205 e. The fourth-order valence-electron chi connectivity index (χ4n) is 2.50. The van der Waals surface area contributed by atoms with Crippen molar-refractivity contribution in [3.05, 3.63) is 73.8 Å². The van der Waals surface area contributed by atoms with Gasteiger partial charge in [-0.05, 0) is 37.1 Å². The van der Waals surface area contributed by atoms with Gasteiger partial charge in [0.2, 0.25) is 4.80 Å². The van der Waals surface area contributed by atoms with Gasteiger partial charge in [0, 0.05) is 22.5 Å². The van der Waals surface area contributed by atoms with E-state index < -0.39 is 0 Å². The first-order chi connectivity index (χ1) is 11.6. The Morgan fingerprint density at radius 1 is 1.12 bits per heavy atom. The van der Waals surface area contributed by atoms with Crippen LogP contribution in [0.15, 0.2) is 62.4 Å². The maximum atomic E-state index is 4.70. The van der Waals surface area contributed by atoms with Gasteiger partial charge in [-0.2, -0.15) is 5.10 Å². The zero-order valence-electron chi connectivity index (χ0n) is 13.8. The summed E-state index contributed by atoms with van der Waals surface area (Å²) in [5.41, 5.74) is 5.72. The van der Waals surface area contributed by atoms with Crippen LogP contribution in [-0.4, -0.2) is 17.9 Å². The van der Waals surface area contributed by atoms with E-state index in [1.54, 1.807) is 18.4 Å². The molecule has 1 aromatic heterocycles. The summed E-state index contributed by atoms with van der Waals surface area (Å²) in [5, 5.41) is 6.78. The smallest absolute Gasteiger partial charge is 0.205 e. The summed E-state index contributed by atoms with van der Waals surface area (Å²) in [7, 11) is 1.79. The lowest BCUT2D eigenvalue weighted by Crippen LogP contribution is -2.11. The van der Waals surface area contributed by atoms with Gasteiger partial charge in [0.15, 0.2) is 0 Å². The van der Waals surface area contributed by atoms with Crippen LogP contribution in [-0.2, 0) is 0 Å². The van der Waals surface area contributed by atoms with Gasteiger partial charge in [-0.25, -0.2) is 4.68 Å². The van der Waals surface area contributed by atoms with Crippen molar-refractivity contribution < 1.29 is 0 Å². The molecule has 5 heteroatoms. The highest BCUT2D eigenvalue weighted by atomic mass is 79.9. The van der Waals surface area contributed by atoms with E-state index in [1.807, 2.05) is 23.0 Å². The molecule has 24 heavy (non-hydrogen) atoms. The van der Waals surface area contributed by atoms with E-state index in [0.29, 0.717) is 0 Å². The number of nitrogens with zero attached hydrogens (tertiary/aromatic N) is 3. The van der Waals surface area contributed by atoms with Gasteiger partial charge in [-0.1, -0.05) is 51.8 Å². The summed E-state index contributed by atoms with van der Waals surface area (Å²) in [4.78, 5) is 5.21. The zero-order chi connectivity index (χ0) is 17.1. The molecule has 3 rings (SSSR count). The van der Waals surface area contributed by atoms with E-state index in [0.717, 1.165) is 26.1 Å². The third-order valence-electron chi connectivity index (χ3n) is 3.73. The van der Waals surface area contributed by atoms with Gasteiger partial charge in [0.05, 0.1) is 11.9 Å². The van der Waals surface area contributed by atoms with Crippen LogP contribution in [0.3, 0.4) is 0 Å². The van der Waals surface area contributed by atoms with Crippen molar-refractivity contribution in [2.24, 2.45) is 10.1 Å². The van der Waals surface area contributed by atoms with Crippen molar-refractivity contribution in [1.29, 1.82) is 0 Å². The van der Waals surface area contributed by atoms with Crippen LogP contribution in [0.1, 0.15) is 16.7 Å². The lowest BCUT2D eigenvalue weighted by molar-refractivity contribution is 0.848. The number of hydrogen-bond donors (Lipinski definition) is 0. The Morgan fingerprint density at radius 2 is 1.96 bits per heavy atom. The Hall–Kier alpha value is -1.98. The molecule has 0 fully saturated rings. The van der Waals surface area contributed by atoms with Crippen molar-refractivity contribution >= 4 is 33.5 Å². The van der Waals surface area contributed by atoms with Gasteiger partial charge < -0.3 is 0 Å². The van der Waals surface area contributed by atoms with E-state index in [2.05, 4.69) is 70.5 Å². The molecule has 0 aliphatic heterocycles. The Bertz CT molecular complexity index is 967. The van der Waals surface area contributed by atoms with E-state index >= 15 is 0 Å². The predicted octanol–water partition coefficient (Wildman–Crippen LogP) is 5.01. The number of halogens is 1. The number of benzene rings is 2. The first kappa shape index (κ1) is 16.9. The van der Waals surface area contributed by atoms with E-state index in [1.165, 1.54) is 11.1 Å². The third-order valence-corrected chi connectivity index (χ3v) is 5.14. The van der Waals surface area contributed by atoms with Crippen molar-refractivity contribution in [2.45, 2.75) is 13.8 Å². The first-order valence-electron chi connectivity index (χ1n) is 7.59. The van der Waals surface area contributed by atoms with E-state index in [-0.39, 0.29) is 0 Å². The highest BCUT2D eigenvalue weighted by Crippen LogP contribution is 2.23. The average molecular weight is 400 g/mol. The molecular weight excluding hydrogens is 382 g/mol. The van der Waals surface area contributed by atoms with Crippen LogP contribution in [0.4, 0.5) is 0 Å². The monoisotopic (exact) mass is 399 g/mol. The average Bonchev–Trinajstić information content (AvgIpc) is 2.97. The molecule has 0 N–H and O–H groups in total. The second-order valence-corrected chi connectivity index (χ2v) is 7.31. The van der Waals surface area contributed by atoms with Crippen molar-refractivity contribution in [3.63, 3.8) is 0 Å². The SMILES string of the molecule is CN=c1scc(-c2cccc(Br)c2)n1/N=C/c1ccc(C)cc1C. The summed E-state index contributed by atoms with van der Waals surface area (Å²) in [6, 6.07) is 14.6. The molecule has 0 aliphatic carbocycles. The van der Waals surface area contributed by atoms with Crippen LogP contribution in [0.5, 0.6) is 0 Å². The van der Waals surface area contributed by atoms with Crippen LogP contribution >= 0.6 is 27.3 Å². The van der Waals surface area contributed by atoms with Crippen molar-refractivity contribution in [2.75, 3.05) is 7.05 Å². The van der Waals surface area contributed by atoms with Gasteiger partial charge in [-0.15, -0.1) is 11.3 Å². The van der Waals surface area contributed by atoms with Gasteiger partial charge in [0.1, 0.15) is 0 Å². The molecular formula is C19H18BrN3S. The lowest BCUT2D eigenvalue weighted by atomic mass is 10.1. The molecule has 0 unspecified atom stereocenters. The largest absolute Gasteiger partial charge is 0.261 e. The van der Waals surface area contributed by atoms with Crippen LogP contribution in [0.25, 0.3) is 11.3 Å². The first-order valence-corrected chi connectivity index (χ1v) is 9.26. The highest BCUT2D eigenvalue weighted by molar-refractivity contribution is 9.10. The van der Waals surface area contributed by atoms with Gasteiger partial charge >= 0.3 is 0 Å². The summed E-state index contributed by atoms with van der Waals surface area (Å²) in [6.07, 6.45) is 1.90. The molecule has 0 saturated carbocycles. The molecule has 122 valence electrons. The number of rotatable bonds is 3. The third kappa shape index (κ3) is 3.57. The molecule has 0 amide bonds. The molecule has 3 aromatic rings. The van der Waals surface area contributed by atoms with Gasteiger partial charge in [0.25, 0.3) is 0 Å². The summed E-state index contributed by atoms with van der Waals surface area (Å²) in [6.45, 7) is 4.20. The van der Waals surface area contributed by atoms with Crippen molar-refractivity contribution in [1.82, 2.24) is 4.68 Å². The number of thiazole rings is 1. The molecule has 0 radical (unpaired) electrons. The molecule has 1 heterocycles. The predicted molar refractivity (Wildman–Crippen MR) is 106 cm³/mol. The van der Waals surface area contributed by atoms with Crippen molar-refractivity contribution in [3.8, 4) is 11.3 Å². The maximum absolute atomic E-state index is 4.70. The van der Waals surface area contributed by atoms with Crippen LogP contribution < -0.4 is 4.80 Å². The van der Waals surface area contributed by atoms with E-state index in [4.69, 9.17) is 5.10 Å². The molecule has 0 aliphatic rings. The van der Waals surface area contributed by atoms with Gasteiger partial charge in [-0.3, -0.25) is 4.99 Å². The molecule has 0 bridgehead atoms. The molecule has 0 saturated heterocycles. The second-order valence-electron chi connectivity index (χ2n) is 5.55. The minimum absolute atomic E-state index is 0.867. The standard InChI is InChI=1S/C19H18BrN3S/c1-13-7-8-16(14(2)9-13)11-22-23-18(12-24-19(23)21-3)15-5-4-6-17(20)10-15/h4-12H,1-3H3/b21-19?,22-11+. The minimum Gasteiger partial charge on any atom is -0.261 e. The fraction of sp³-hybridized carbons (Fsp3) is 0.158. The number of aryl methyl sites for hydroxylation is 2. The summed E-state index contributed by atoms with van der Waals surface area (Å²) in [5.74, 6) is 0. The molecule has 0 atom stereocenters. The summed E-state index contributed by atoms with van der Waals surface area (Å²) >= 11 is 5.12. The quantitative estimate of drug-likeness (QED) is 0.554. The Kier molecular flexibility index (Phi) is 5.11. The molecule has 0 spiro atoms. The zero-order valence-corrected chi connectivity index (χ0v) is 16.2. The lowest BCUT2D eigenvalue weighted by Gasteiger charge is -2.05. The normalized spacial score (nSPS) is 12.2. The van der Waals surface area contributed by atoms with E-state index in [9.17, 15) is 0 Å². The number of hydrogen-bond acceptors (Lipinski definition) is 3. The second kappa shape index (κ2) is 7.28. The Balaban J connectivity index is 2.07.